The van der Waals surface area contributed by atoms with Crippen molar-refractivity contribution in [3.8, 4) is 5.75 Å². The number of hydrogen-bond donors (Lipinski definition) is 2. The largest absolute Gasteiger partial charge is 0.493 e. The van der Waals surface area contributed by atoms with Gasteiger partial charge >= 0.3 is 0 Å². The molecular formula is C26H44IN5O. The van der Waals surface area contributed by atoms with Gasteiger partial charge in [-0.3, -0.25) is 4.90 Å². The molecule has 0 amide bonds. The number of aliphatic imine (C=N–C) groups is 1. The van der Waals surface area contributed by atoms with Crippen LogP contribution in [-0.4, -0.2) is 74.2 Å². The van der Waals surface area contributed by atoms with Crippen molar-refractivity contribution in [3.63, 3.8) is 0 Å². The summed E-state index contributed by atoms with van der Waals surface area (Å²) in [6, 6.07) is 8.36. The Morgan fingerprint density at radius 3 is 2.48 bits per heavy atom. The maximum Gasteiger partial charge on any atom is 0.191 e. The number of rotatable bonds is 9. The summed E-state index contributed by atoms with van der Waals surface area (Å²) in [4.78, 5) is 10.2. The van der Waals surface area contributed by atoms with Gasteiger partial charge in [-0.25, -0.2) is 4.99 Å². The highest BCUT2D eigenvalue weighted by atomic mass is 127. The van der Waals surface area contributed by atoms with Gasteiger partial charge in [0, 0.05) is 24.2 Å². The Hall–Kier alpha value is -1.06. The second-order valence-electron chi connectivity index (χ2n) is 9.99. The Morgan fingerprint density at radius 2 is 1.79 bits per heavy atom. The van der Waals surface area contributed by atoms with Crippen molar-refractivity contribution in [1.29, 1.82) is 0 Å². The van der Waals surface area contributed by atoms with Crippen LogP contribution in [0, 0.1) is 5.92 Å². The normalized spacial score (nSPS) is 21.8. The van der Waals surface area contributed by atoms with Gasteiger partial charge in [-0.05, 0) is 90.7 Å². The van der Waals surface area contributed by atoms with E-state index in [0.717, 1.165) is 42.9 Å². The zero-order chi connectivity index (χ0) is 22.2. The summed E-state index contributed by atoms with van der Waals surface area (Å²) in [5, 5.41) is 7.20. The average Bonchev–Trinajstić information content (AvgIpc) is 3.66. The van der Waals surface area contributed by atoms with Crippen molar-refractivity contribution < 1.29 is 4.74 Å². The summed E-state index contributed by atoms with van der Waals surface area (Å²) in [5.41, 5.74) is 1.41. The minimum atomic E-state index is 0. The van der Waals surface area contributed by atoms with Crippen LogP contribution >= 0.6 is 24.0 Å². The van der Waals surface area contributed by atoms with Gasteiger partial charge in [0.1, 0.15) is 5.75 Å². The summed E-state index contributed by atoms with van der Waals surface area (Å²) in [6.45, 7) is 10.3. The molecule has 1 aromatic rings. The van der Waals surface area contributed by atoms with Crippen LogP contribution in [0.15, 0.2) is 29.3 Å². The highest BCUT2D eigenvalue weighted by Gasteiger charge is 2.39. The number of likely N-dealkylation sites (tertiary alicyclic amines) is 2. The van der Waals surface area contributed by atoms with Gasteiger partial charge in [0.15, 0.2) is 5.96 Å². The van der Waals surface area contributed by atoms with Gasteiger partial charge in [-0.2, -0.15) is 0 Å². The molecule has 0 atom stereocenters. The molecule has 0 radical (unpaired) electrons. The number of benzene rings is 1. The molecule has 0 spiro atoms. The molecule has 2 saturated heterocycles. The van der Waals surface area contributed by atoms with Crippen LogP contribution in [0.3, 0.4) is 0 Å². The molecule has 1 saturated carbocycles. The van der Waals surface area contributed by atoms with Crippen molar-refractivity contribution in [2.75, 3.05) is 52.9 Å². The Balaban J connectivity index is 0.00000306. The number of para-hydroxylation sites is 1. The lowest BCUT2D eigenvalue weighted by Crippen LogP contribution is -2.62. The van der Waals surface area contributed by atoms with Crippen LogP contribution in [0.2, 0.25) is 0 Å². The molecule has 33 heavy (non-hydrogen) atoms. The van der Waals surface area contributed by atoms with E-state index < -0.39 is 0 Å². The summed E-state index contributed by atoms with van der Waals surface area (Å²) < 4.78 is 6.09. The third kappa shape index (κ3) is 7.72. The molecule has 186 valence electrons. The molecule has 0 unspecified atom stereocenters. The number of guanidine groups is 1. The summed E-state index contributed by atoms with van der Waals surface area (Å²) in [5.74, 6) is 2.66. The molecule has 2 N–H and O–H groups in total. The van der Waals surface area contributed by atoms with Crippen LogP contribution in [-0.2, 0) is 6.54 Å². The zero-order valence-corrected chi connectivity index (χ0v) is 23.0. The standard InChI is InChI=1S/C26H43N5O.HI/c1-3-27-25(28-19-23-9-5-6-10-24(23)32-20-22-11-12-22)29-21-26(13-17-30(2)18-14-26)31-15-7-4-8-16-31;/h5-6,9-10,22H,3-4,7-8,11-21H2,1-2H3,(H2,27,28,29);1H. The molecule has 2 aliphatic heterocycles. The molecule has 1 aliphatic carbocycles. The van der Waals surface area contributed by atoms with E-state index >= 15 is 0 Å². The molecule has 0 aromatic heterocycles. The minimum absolute atomic E-state index is 0. The molecule has 6 nitrogen and oxygen atoms in total. The molecule has 3 fully saturated rings. The van der Waals surface area contributed by atoms with Crippen LogP contribution < -0.4 is 15.4 Å². The Labute approximate surface area is 217 Å². The number of ether oxygens (including phenoxy) is 1. The lowest BCUT2D eigenvalue weighted by Gasteiger charge is -2.50. The molecular weight excluding hydrogens is 525 g/mol. The van der Waals surface area contributed by atoms with Crippen LogP contribution in [0.1, 0.15) is 57.4 Å². The van der Waals surface area contributed by atoms with Crippen molar-refractivity contribution >= 4 is 29.9 Å². The number of hydrogen-bond acceptors (Lipinski definition) is 4. The van der Waals surface area contributed by atoms with E-state index in [2.05, 4.69) is 58.7 Å². The summed E-state index contributed by atoms with van der Waals surface area (Å²) >= 11 is 0. The molecule has 3 aliphatic rings. The van der Waals surface area contributed by atoms with Crippen molar-refractivity contribution in [2.45, 2.75) is 64.0 Å². The zero-order valence-electron chi connectivity index (χ0n) is 20.7. The van der Waals surface area contributed by atoms with Gasteiger partial charge in [0.25, 0.3) is 0 Å². The van der Waals surface area contributed by atoms with Gasteiger partial charge in [0.2, 0.25) is 0 Å². The first-order valence-electron chi connectivity index (χ1n) is 12.8. The first kappa shape index (κ1) is 26.5. The Morgan fingerprint density at radius 1 is 1.06 bits per heavy atom. The molecule has 0 bridgehead atoms. The topological polar surface area (TPSA) is 52.1 Å². The Bertz CT molecular complexity index is 740. The van der Waals surface area contributed by atoms with E-state index in [-0.39, 0.29) is 29.5 Å². The van der Waals surface area contributed by atoms with Crippen LogP contribution in [0.25, 0.3) is 0 Å². The minimum Gasteiger partial charge on any atom is -0.493 e. The lowest BCUT2D eigenvalue weighted by atomic mass is 9.84. The molecule has 1 aromatic carbocycles. The van der Waals surface area contributed by atoms with Crippen molar-refractivity contribution in [1.82, 2.24) is 20.4 Å². The lowest BCUT2D eigenvalue weighted by molar-refractivity contribution is 0.0173. The fourth-order valence-corrected chi connectivity index (χ4v) is 5.03. The highest BCUT2D eigenvalue weighted by molar-refractivity contribution is 14.0. The second kappa shape index (κ2) is 13.1. The van der Waals surface area contributed by atoms with E-state index in [4.69, 9.17) is 9.73 Å². The van der Waals surface area contributed by atoms with E-state index in [9.17, 15) is 0 Å². The van der Waals surface area contributed by atoms with Gasteiger partial charge < -0.3 is 20.3 Å². The maximum absolute atomic E-state index is 6.09. The monoisotopic (exact) mass is 569 g/mol. The Kier molecular flexibility index (Phi) is 10.6. The van der Waals surface area contributed by atoms with Gasteiger partial charge in [-0.1, -0.05) is 24.6 Å². The van der Waals surface area contributed by atoms with E-state index in [0.29, 0.717) is 6.54 Å². The first-order valence-corrected chi connectivity index (χ1v) is 12.8. The SMILES string of the molecule is CCNC(=NCc1ccccc1OCC1CC1)NCC1(N2CCCCC2)CCN(C)CC1.I. The molecule has 2 heterocycles. The quantitative estimate of drug-likeness (QED) is 0.267. The van der Waals surface area contributed by atoms with E-state index in [1.807, 2.05) is 0 Å². The number of nitrogens with zero attached hydrogens (tertiary/aromatic N) is 3. The third-order valence-corrected chi connectivity index (χ3v) is 7.43. The first-order chi connectivity index (χ1) is 15.7. The van der Waals surface area contributed by atoms with Gasteiger partial charge in [0.05, 0.1) is 13.2 Å². The smallest absolute Gasteiger partial charge is 0.191 e. The third-order valence-electron chi connectivity index (χ3n) is 7.43. The molecule has 7 heteroatoms. The van der Waals surface area contributed by atoms with Crippen LogP contribution in [0.5, 0.6) is 5.75 Å². The van der Waals surface area contributed by atoms with Gasteiger partial charge in [-0.15, -0.1) is 24.0 Å². The number of halogens is 1. The predicted molar refractivity (Wildman–Crippen MR) is 148 cm³/mol. The maximum atomic E-state index is 6.09. The second-order valence-corrected chi connectivity index (χ2v) is 9.99. The predicted octanol–water partition coefficient (Wildman–Crippen LogP) is 4.10. The number of nitrogens with one attached hydrogen (secondary N) is 2. The summed E-state index contributed by atoms with van der Waals surface area (Å²) in [7, 11) is 2.25. The van der Waals surface area contributed by atoms with Crippen LogP contribution in [0.4, 0.5) is 0 Å². The van der Waals surface area contributed by atoms with Crippen molar-refractivity contribution in [2.24, 2.45) is 10.9 Å². The van der Waals surface area contributed by atoms with Crippen molar-refractivity contribution in [3.05, 3.63) is 29.8 Å². The van der Waals surface area contributed by atoms with E-state index in [1.165, 1.54) is 71.1 Å². The number of piperidine rings is 2. The fraction of sp³-hybridized carbons (Fsp3) is 0.731. The van der Waals surface area contributed by atoms with E-state index in [1.54, 1.807) is 0 Å². The molecule has 4 rings (SSSR count). The highest BCUT2D eigenvalue weighted by Crippen LogP contribution is 2.31. The average molecular weight is 570 g/mol. The fourth-order valence-electron chi connectivity index (χ4n) is 5.03. The summed E-state index contributed by atoms with van der Waals surface area (Å²) in [6.07, 6.45) is 9.13.